The topological polar surface area (TPSA) is 32.3 Å². The molecule has 0 spiro atoms. The van der Waals surface area contributed by atoms with E-state index in [2.05, 4.69) is 45.2 Å². The molecular formula is C14H30N3O+. The van der Waals surface area contributed by atoms with Crippen molar-refractivity contribution in [2.45, 2.75) is 38.8 Å². The van der Waals surface area contributed by atoms with Crippen molar-refractivity contribution in [2.24, 2.45) is 0 Å². The van der Waals surface area contributed by atoms with E-state index in [4.69, 9.17) is 0 Å². The van der Waals surface area contributed by atoms with Gasteiger partial charge in [-0.1, -0.05) is 0 Å². The molecule has 0 bridgehead atoms. The maximum Gasteiger partial charge on any atom is 0.148 e. The summed E-state index contributed by atoms with van der Waals surface area (Å²) in [6, 6.07) is 0.983. The molecule has 1 aliphatic rings. The molecule has 1 rings (SSSR count). The van der Waals surface area contributed by atoms with Crippen LogP contribution in [0.2, 0.25) is 0 Å². The Balaban J connectivity index is 2.31. The highest BCUT2D eigenvalue weighted by Crippen LogP contribution is 2.09. The number of rotatable bonds is 7. The van der Waals surface area contributed by atoms with Crippen molar-refractivity contribution in [1.82, 2.24) is 10.2 Å². The molecule has 4 nitrogen and oxygen atoms in total. The Bertz CT molecular complexity index is 271. The lowest BCUT2D eigenvalue weighted by molar-refractivity contribution is -0.869. The predicted octanol–water partition coefficient (Wildman–Crippen LogP) is 0.724. The number of quaternary nitrogens is 1. The van der Waals surface area contributed by atoms with Gasteiger partial charge in [0.2, 0.25) is 0 Å². The lowest BCUT2D eigenvalue weighted by Gasteiger charge is -2.31. The summed E-state index contributed by atoms with van der Waals surface area (Å²) in [5.41, 5.74) is 0. The van der Waals surface area contributed by atoms with Crippen LogP contribution >= 0.6 is 0 Å². The fraction of sp³-hybridized carbons (Fsp3) is 0.929. The maximum atomic E-state index is 11.2. The predicted molar refractivity (Wildman–Crippen MR) is 75.6 cm³/mol. The highest BCUT2D eigenvalue weighted by molar-refractivity contribution is 5.83. The van der Waals surface area contributed by atoms with Crippen molar-refractivity contribution in [3.8, 4) is 0 Å². The van der Waals surface area contributed by atoms with Crippen LogP contribution in [0, 0.1) is 0 Å². The molecule has 0 aromatic rings. The molecule has 1 N–H and O–H groups in total. The molecule has 4 heteroatoms. The van der Waals surface area contributed by atoms with Crippen LogP contribution in [0.3, 0.4) is 0 Å². The van der Waals surface area contributed by atoms with Crippen molar-refractivity contribution in [2.75, 3.05) is 47.3 Å². The van der Waals surface area contributed by atoms with Crippen LogP contribution < -0.4 is 5.32 Å². The first-order chi connectivity index (χ1) is 8.28. The number of nitrogens with one attached hydrogen (secondary N) is 1. The van der Waals surface area contributed by atoms with Gasteiger partial charge >= 0.3 is 0 Å². The number of hydrogen-bond acceptors (Lipinski definition) is 3. The first kappa shape index (κ1) is 15.6. The summed E-state index contributed by atoms with van der Waals surface area (Å²) in [6.45, 7) is 8.46. The van der Waals surface area contributed by atoms with Crippen LogP contribution in [0.5, 0.6) is 0 Å². The van der Waals surface area contributed by atoms with Crippen LogP contribution in [0.25, 0.3) is 0 Å². The number of ketones is 1. The van der Waals surface area contributed by atoms with E-state index in [1.165, 1.54) is 0 Å². The first-order valence-electron chi connectivity index (χ1n) is 7.07. The molecule has 0 aromatic carbocycles. The van der Waals surface area contributed by atoms with Crippen LogP contribution in [-0.4, -0.2) is 74.6 Å². The second-order valence-electron chi connectivity index (χ2n) is 6.75. The first-order valence-corrected chi connectivity index (χ1v) is 7.07. The monoisotopic (exact) mass is 256 g/mol. The summed E-state index contributed by atoms with van der Waals surface area (Å²) in [7, 11) is 6.70. The molecule has 18 heavy (non-hydrogen) atoms. The number of carbonyl (C=O) groups is 1. The summed E-state index contributed by atoms with van der Waals surface area (Å²) >= 11 is 0. The zero-order valence-electron chi connectivity index (χ0n) is 12.7. The third-order valence-electron chi connectivity index (χ3n) is 3.62. The van der Waals surface area contributed by atoms with E-state index >= 15 is 0 Å². The number of Topliss-reactive ketones (excluding diaryl/α,β-unsaturated/α-hetero) is 1. The van der Waals surface area contributed by atoms with Gasteiger partial charge in [-0.3, -0.25) is 9.69 Å². The molecule has 0 aromatic heterocycles. The van der Waals surface area contributed by atoms with E-state index in [1.807, 2.05) is 0 Å². The highest BCUT2D eigenvalue weighted by atomic mass is 16.1. The van der Waals surface area contributed by atoms with Gasteiger partial charge in [-0.2, -0.15) is 0 Å². The highest BCUT2D eigenvalue weighted by Gasteiger charge is 2.22. The van der Waals surface area contributed by atoms with Crippen LogP contribution in [0.15, 0.2) is 0 Å². The van der Waals surface area contributed by atoms with Crippen molar-refractivity contribution >= 4 is 5.78 Å². The number of nitrogens with zero attached hydrogens (tertiary/aromatic N) is 2. The molecule has 0 aliphatic carbocycles. The summed E-state index contributed by atoms with van der Waals surface area (Å²) in [6.07, 6.45) is 1.81. The molecule has 0 radical (unpaired) electrons. The van der Waals surface area contributed by atoms with Gasteiger partial charge in [0, 0.05) is 31.6 Å². The number of likely N-dealkylation sites (N-methyl/N-ethyl adjacent to an activating group) is 1. The zero-order chi connectivity index (χ0) is 13.8. The van der Waals surface area contributed by atoms with Gasteiger partial charge in [0.25, 0.3) is 0 Å². The smallest absolute Gasteiger partial charge is 0.148 e. The molecule has 1 atom stereocenters. The molecule has 1 unspecified atom stereocenters. The fourth-order valence-corrected chi connectivity index (χ4v) is 2.26. The van der Waals surface area contributed by atoms with Crippen LogP contribution in [0.1, 0.15) is 26.7 Å². The Hall–Kier alpha value is -0.450. The second-order valence-corrected chi connectivity index (χ2v) is 6.75. The van der Waals surface area contributed by atoms with E-state index < -0.39 is 0 Å². The number of hydrogen-bond donors (Lipinski definition) is 1. The Morgan fingerprint density at radius 3 is 2.44 bits per heavy atom. The van der Waals surface area contributed by atoms with E-state index in [0.717, 1.165) is 37.0 Å². The van der Waals surface area contributed by atoms with Crippen molar-refractivity contribution < 1.29 is 9.28 Å². The minimum Gasteiger partial charge on any atom is -0.330 e. The summed E-state index contributed by atoms with van der Waals surface area (Å²) < 4.78 is 1.00. The van der Waals surface area contributed by atoms with Crippen molar-refractivity contribution in [1.29, 1.82) is 0 Å². The Labute approximate surface area is 112 Å². The van der Waals surface area contributed by atoms with E-state index in [0.29, 0.717) is 24.4 Å². The fourth-order valence-electron chi connectivity index (χ4n) is 2.26. The Morgan fingerprint density at radius 2 is 2.00 bits per heavy atom. The van der Waals surface area contributed by atoms with Crippen molar-refractivity contribution in [3.05, 3.63) is 0 Å². The standard InChI is InChI=1S/C14H30N3O/c1-12(2)16(8-9-17(3,4)5)7-6-13-10-14(18)11-15-13/h12-13,15H,6-11H2,1-5H3/q+1. The molecule has 1 saturated heterocycles. The quantitative estimate of drug-likeness (QED) is 0.681. The largest absolute Gasteiger partial charge is 0.330 e. The van der Waals surface area contributed by atoms with Gasteiger partial charge in [-0.15, -0.1) is 0 Å². The molecule has 106 valence electrons. The van der Waals surface area contributed by atoms with Crippen LogP contribution in [0.4, 0.5) is 0 Å². The van der Waals surface area contributed by atoms with Gasteiger partial charge < -0.3 is 9.80 Å². The lowest BCUT2D eigenvalue weighted by atomic mass is 10.1. The van der Waals surface area contributed by atoms with Crippen molar-refractivity contribution in [3.63, 3.8) is 0 Å². The van der Waals surface area contributed by atoms with Crippen LogP contribution in [-0.2, 0) is 4.79 Å². The summed E-state index contributed by atoms with van der Waals surface area (Å²) in [4.78, 5) is 13.7. The second kappa shape index (κ2) is 6.64. The zero-order valence-corrected chi connectivity index (χ0v) is 12.7. The minimum absolute atomic E-state index is 0.363. The average molecular weight is 256 g/mol. The van der Waals surface area contributed by atoms with Gasteiger partial charge in [-0.25, -0.2) is 0 Å². The van der Waals surface area contributed by atoms with Gasteiger partial charge in [0.15, 0.2) is 0 Å². The minimum atomic E-state index is 0.363. The van der Waals surface area contributed by atoms with Gasteiger partial charge in [-0.05, 0) is 20.3 Å². The maximum absolute atomic E-state index is 11.2. The molecule has 1 heterocycles. The van der Waals surface area contributed by atoms with E-state index in [9.17, 15) is 4.79 Å². The molecule has 0 saturated carbocycles. The Morgan fingerprint density at radius 1 is 1.33 bits per heavy atom. The van der Waals surface area contributed by atoms with E-state index in [-0.39, 0.29) is 0 Å². The summed E-state index contributed by atoms with van der Waals surface area (Å²) in [5, 5.41) is 3.29. The third kappa shape index (κ3) is 5.94. The molecule has 1 aliphatic heterocycles. The lowest BCUT2D eigenvalue weighted by Crippen LogP contribution is -2.45. The van der Waals surface area contributed by atoms with Gasteiger partial charge in [0.05, 0.1) is 34.2 Å². The number of carbonyl (C=O) groups excluding carboxylic acids is 1. The molecule has 1 fully saturated rings. The SMILES string of the molecule is CC(C)N(CCC1CC(=O)CN1)CC[N+](C)(C)C. The third-order valence-corrected chi connectivity index (χ3v) is 3.62. The summed E-state index contributed by atoms with van der Waals surface area (Å²) in [5.74, 6) is 0.363. The Kier molecular flexibility index (Phi) is 5.76. The molecular weight excluding hydrogens is 226 g/mol. The van der Waals surface area contributed by atoms with E-state index in [1.54, 1.807) is 0 Å². The molecule has 0 amide bonds. The normalized spacial score (nSPS) is 21.3. The van der Waals surface area contributed by atoms with Gasteiger partial charge in [0.1, 0.15) is 5.78 Å². The average Bonchev–Trinajstić information content (AvgIpc) is 2.62.